The predicted molar refractivity (Wildman–Crippen MR) is 35.8 cm³/mol. The van der Waals surface area contributed by atoms with Crippen LogP contribution in [-0.2, 0) is 10.4 Å². The molecule has 0 bridgehead atoms. The Labute approximate surface area is 61.6 Å². The normalized spacial score (nSPS) is 18.0. The lowest BCUT2D eigenvalue weighted by molar-refractivity contribution is -0.224. The summed E-state index contributed by atoms with van der Waals surface area (Å²) < 4.78 is 0. The molecule has 4 nitrogen and oxygen atoms in total. The summed E-state index contributed by atoms with van der Waals surface area (Å²) in [6.45, 7) is 3.46. The van der Waals surface area contributed by atoms with Gasteiger partial charge in [0.25, 0.3) is 0 Å². The van der Waals surface area contributed by atoms with Crippen LogP contribution in [-0.4, -0.2) is 36.3 Å². The summed E-state index contributed by atoms with van der Waals surface area (Å²) in [5.74, 6) is 0. The summed E-state index contributed by atoms with van der Waals surface area (Å²) in [5.41, 5.74) is 0. The van der Waals surface area contributed by atoms with Crippen molar-refractivity contribution in [2.75, 3.05) is 14.1 Å². The van der Waals surface area contributed by atoms with Crippen molar-refractivity contribution in [2.45, 2.75) is 25.9 Å². The van der Waals surface area contributed by atoms with Crippen LogP contribution < -0.4 is 0 Å². The molecule has 2 unspecified atom stereocenters. The Balaban J connectivity index is 3.81. The van der Waals surface area contributed by atoms with E-state index in [1.807, 2.05) is 0 Å². The zero-order chi connectivity index (χ0) is 8.31. The van der Waals surface area contributed by atoms with Crippen LogP contribution in [0.25, 0.3) is 0 Å². The van der Waals surface area contributed by atoms with E-state index in [1.165, 1.54) is 14.1 Å². The van der Waals surface area contributed by atoms with Gasteiger partial charge in [0.1, 0.15) is 0 Å². The van der Waals surface area contributed by atoms with Gasteiger partial charge in [0, 0.05) is 14.1 Å². The molecule has 60 valence electrons. The monoisotopic (exact) mass is 146 g/mol. The molecule has 0 heterocycles. The van der Waals surface area contributed by atoms with E-state index in [-0.39, 0.29) is 12.1 Å². The molecular weight excluding hydrogens is 132 g/mol. The molecule has 0 saturated heterocycles. The number of hydrogen-bond acceptors (Lipinski definition) is 2. The van der Waals surface area contributed by atoms with E-state index in [4.69, 9.17) is 0 Å². The van der Waals surface area contributed by atoms with Gasteiger partial charge in [-0.3, -0.25) is 0 Å². The van der Waals surface area contributed by atoms with Gasteiger partial charge in [-0.2, -0.15) is 10.1 Å². The third-order valence-electron chi connectivity index (χ3n) is 1.85. The molecule has 2 atom stereocenters. The molecule has 0 aliphatic heterocycles. The van der Waals surface area contributed by atoms with Crippen LogP contribution in [0.15, 0.2) is 0 Å². The van der Waals surface area contributed by atoms with Gasteiger partial charge in [0.05, 0.1) is 12.1 Å². The Hall–Kier alpha value is -0.160. The first-order chi connectivity index (χ1) is 4.46. The molecule has 0 amide bonds. The van der Waals surface area contributed by atoms with Gasteiger partial charge in [-0.05, 0) is 13.8 Å². The van der Waals surface area contributed by atoms with Gasteiger partial charge in [-0.25, -0.2) is 0 Å². The van der Waals surface area contributed by atoms with E-state index < -0.39 is 0 Å². The number of nitrogens with zero attached hydrogens (tertiary/aromatic N) is 2. The zero-order valence-electron chi connectivity index (χ0n) is 6.87. The van der Waals surface area contributed by atoms with Gasteiger partial charge in [0.15, 0.2) is 0 Å². The number of likely N-dealkylation sites (N-methyl/N-ethyl adjacent to an activating group) is 2. The Morgan fingerprint density at radius 1 is 0.900 bits per heavy atom. The fourth-order valence-corrected chi connectivity index (χ4v) is 0.608. The number of hydrogen-bond donors (Lipinski definition) is 0. The third-order valence-corrected chi connectivity index (χ3v) is 1.85. The first-order valence-electron chi connectivity index (χ1n) is 3.26. The number of rotatable bonds is 3. The van der Waals surface area contributed by atoms with E-state index in [1.54, 1.807) is 13.8 Å². The maximum atomic E-state index is 10.6. The fourth-order valence-electron chi connectivity index (χ4n) is 0.608. The Morgan fingerprint density at radius 3 is 1.20 bits per heavy atom. The van der Waals surface area contributed by atoms with Gasteiger partial charge < -0.3 is 0 Å². The maximum Gasteiger partial charge on any atom is 0.0529 e. The molecule has 0 aromatic heterocycles. The molecule has 4 heteroatoms. The molecule has 0 fully saturated rings. The highest BCUT2D eigenvalue weighted by atomic mass is 16.5. The van der Waals surface area contributed by atoms with Gasteiger partial charge in [0.2, 0.25) is 0 Å². The lowest BCUT2D eigenvalue weighted by Crippen LogP contribution is -2.42. The summed E-state index contributed by atoms with van der Waals surface area (Å²) in [6.07, 6.45) is 0. The van der Waals surface area contributed by atoms with E-state index in [2.05, 4.69) is 0 Å². The highest BCUT2D eigenvalue weighted by Crippen LogP contribution is 2.03. The van der Waals surface area contributed by atoms with Gasteiger partial charge in [-0.15, -0.1) is 10.4 Å². The van der Waals surface area contributed by atoms with Crippen molar-refractivity contribution >= 4 is 0 Å². The summed E-state index contributed by atoms with van der Waals surface area (Å²) in [4.78, 5) is 0. The summed E-state index contributed by atoms with van der Waals surface area (Å²) in [5, 5.41) is 22.9. The van der Waals surface area contributed by atoms with E-state index >= 15 is 0 Å². The quantitative estimate of drug-likeness (QED) is 0.538. The number of hydroxylamine groups is 4. The Morgan fingerprint density at radius 2 is 1.10 bits per heavy atom. The first-order valence-corrected chi connectivity index (χ1v) is 3.26. The van der Waals surface area contributed by atoms with Crippen LogP contribution >= 0.6 is 0 Å². The van der Waals surface area contributed by atoms with E-state index in [9.17, 15) is 10.4 Å². The third kappa shape index (κ3) is 2.62. The van der Waals surface area contributed by atoms with Crippen molar-refractivity contribution in [3.63, 3.8) is 0 Å². The SMILES string of the molecule is CC(C(C)N(C)[O])N(C)[O]. The molecule has 0 aromatic carbocycles. The van der Waals surface area contributed by atoms with Crippen LogP contribution in [0.1, 0.15) is 13.8 Å². The predicted octanol–water partition coefficient (Wildman–Crippen LogP) is 0.318. The van der Waals surface area contributed by atoms with Gasteiger partial charge in [-0.1, -0.05) is 0 Å². The molecule has 10 heavy (non-hydrogen) atoms. The first kappa shape index (κ1) is 9.84. The average molecular weight is 146 g/mol. The highest BCUT2D eigenvalue weighted by molar-refractivity contribution is 4.68. The minimum atomic E-state index is -0.248. The van der Waals surface area contributed by atoms with Crippen molar-refractivity contribution in [1.29, 1.82) is 0 Å². The molecule has 0 rings (SSSR count). The highest BCUT2D eigenvalue weighted by Gasteiger charge is 2.19. The second-order valence-electron chi connectivity index (χ2n) is 2.57. The maximum absolute atomic E-state index is 10.6. The molecule has 0 aliphatic rings. The Kier molecular flexibility index (Phi) is 3.81. The van der Waals surface area contributed by atoms with Crippen molar-refractivity contribution in [3.05, 3.63) is 0 Å². The van der Waals surface area contributed by atoms with Crippen molar-refractivity contribution < 1.29 is 10.4 Å². The second-order valence-corrected chi connectivity index (χ2v) is 2.57. The molecule has 2 radical (unpaired) electrons. The molecular formula is C6H14N2O2. The smallest absolute Gasteiger partial charge is 0.0529 e. The molecule has 0 N–H and O–H groups in total. The minimum absolute atomic E-state index is 0.248. The van der Waals surface area contributed by atoms with E-state index in [0.717, 1.165) is 10.1 Å². The van der Waals surface area contributed by atoms with Crippen LogP contribution in [0.2, 0.25) is 0 Å². The molecule has 0 aliphatic carbocycles. The largest absolute Gasteiger partial charge is 0.154 e. The van der Waals surface area contributed by atoms with Crippen LogP contribution in [0, 0.1) is 0 Å². The lowest BCUT2D eigenvalue weighted by Gasteiger charge is -2.25. The molecule has 0 spiro atoms. The second kappa shape index (κ2) is 3.88. The molecule has 0 aromatic rings. The van der Waals surface area contributed by atoms with Crippen LogP contribution in [0.4, 0.5) is 0 Å². The van der Waals surface area contributed by atoms with E-state index in [0.29, 0.717) is 0 Å². The lowest BCUT2D eigenvalue weighted by atomic mass is 10.2. The summed E-state index contributed by atoms with van der Waals surface area (Å²) in [6, 6.07) is -0.495. The minimum Gasteiger partial charge on any atom is -0.154 e. The average Bonchev–Trinajstić information content (AvgIpc) is 1.84. The van der Waals surface area contributed by atoms with Crippen molar-refractivity contribution in [1.82, 2.24) is 10.1 Å². The van der Waals surface area contributed by atoms with Crippen LogP contribution in [0.5, 0.6) is 0 Å². The van der Waals surface area contributed by atoms with Gasteiger partial charge >= 0.3 is 0 Å². The zero-order valence-corrected chi connectivity index (χ0v) is 6.87. The summed E-state index contributed by atoms with van der Waals surface area (Å²) >= 11 is 0. The van der Waals surface area contributed by atoms with Crippen LogP contribution in [0.3, 0.4) is 0 Å². The molecule has 0 saturated carbocycles. The standard InChI is InChI=1S/C6H14N2O2/c1-5(7(3)9)6(2)8(4)10/h5-6H,1-4H3. The Bertz CT molecular complexity index is 83.7. The van der Waals surface area contributed by atoms with Crippen molar-refractivity contribution in [2.24, 2.45) is 0 Å². The van der Waals surface area contributed by atoms with Crippen molar-refractivity contribution in [3.8, 4) is 0 Å². The topological polar surface area (TPSA) is 46.3 Å². The fraction of sp³-hybridized carbons (Fsp3) is 1.00. The summed E-state index contributed by atoms with van der Waals surface area (Å²) in [7, 11) is 2.84.